The van der Waals surface area contributed by atoms with E-state index in [-0.39, 0.29) is 0 Å². The molecule has 0 saturated carbocycles. The van der Waals surface area contributed by atoms with Gasteiger partial charge in [0.15, 0.2) is 0 Å². The number of benzene rings is 6. The number of rotatable bonds is 3. The lowest BCUT2D eigenvalue weighted by Gasteiger charge is -2.10. The quantitative estimate of drug-likeness (QED) is 0.204. The minimum Gasteiger partial charge on any atom is -0.235 e. The molecule has 3 aromatic heterocycles. The molecule has 0 radical (unpaired) electrons. The molecule has 0 fully saturated rings. The maximum Gasteiger partial charge on any atom is 0.124 e. The highest BCUT2D eigenvalue weighted by atomic mass is 32.1. The van der Waals surface area contributed by atoms with Crippen LogP contribution in [0.25, 0.3) is 83.4 Å². The Bertz CT molecular complexity index is 2270. The van der Waals surface area contributed by atoms with E-state index >= 15 is 0 Å². The fraction of sp³-hybridized carbons (Fsp3) is 0. The molecule has 3 heterocycles. The molecule has 0 aliphatic heterocycles. The van der Waals surface area contributed by atoms with Crippen molar-refractivity contribution < 1.29 is 0 Å². The maximum absolute atomic E-state index is 5.36. The molecule has 1 nitrogen and oxygen atoms in total. The van der Waals surface area contributed by atoms with Gasteiger partial charge in [-0.25, -0.2) is 4.98 Å². The molecule has 0 N–H and O–H groups in total. The second-order valence-electron chi connectivity index (χ2n) is 10.3. The zero-order valence-electron chi connectivity index (χ0n) is 21.8. The van der Waals surface area contributed by atoms with Crippen LogP contribution < -0.4 is 0 Å². The van der Waals surface area contributed by atoms with E-state index in [4.69, 9.17) is 4.98 Å². The van der Waals surface area contributed by atoms with Crippen LogP contribution in [0.2, 0.25) is 0 Å². The van der Waals surface area contributed by atoms with Gasteiger partial charge in [0.1, 0.15) is 5.01 Å². The molecule has 0 aliphatic rings. The second-order valence-corrected chi connectivity index (χ2v) is 13.4. The lowest BCUT2D eigenvalue weighted by Crippen LogP contribution is -1.85. The Hall–Kier alpha value is -4.35. The van der Waals surface area contributed by atoms with Gasteiger partial charge >= 0.3 is 0 Å². The third-order valence-corrected chi connectivity index (χ3v) is 11.5. The second kappa shape index (κ2) is 9.08. The van der Waals surface area contributed by atoms with Crippen LogP contribution in [-0.4, -0.2) is 4.98 Å². The van der Waals surface area contributed by atoms with E-state index in [0.29, 0.717) is 0 Å². The summed E-state index contributed by atoms with van der Waals surface area (Å²) in [6, 6.07) is 46.1. The summed E-state index contributed by atoms with van der Waals surface area (Å²) in [7, 11) is 0. The van der Waals surface area contributed by atoms with Gasteiger partial charge in [-0.1, -0.05) is 115 Å². The van der Waals surface area contributed by atoms with Crippen molar-refractivity contribution in [3.63, 3.8) is 0 Å². The smallest absolute Gasteiger partial charge is 0.124 e. The number of nitrogens with zero attached hydrogens (tertiary/aromatic N) is 1. The van der Waals surface area contributed by atoms with Gasteiger partial charge in [-0.15, -0.1) is 34.0 Å². The summed E-state index contributed by atoms with van der Waals surface area (Å²) in [4.78, 5) is 5.36. The van der Waals surface area contributed by atoms with Crippen molar-refractivity contribution in [3.05, 3.63) is 127 Å². The van der Waals surface area contributed by atoms with Crippen molar-refractivity contribution in [1.29, 1.82) is 0 Å². The largest absolute Gasteiger partial charge is 0.235 e. The summed E-state index contributed by atoms with van der Waals surface area (Å²) in [6.45, 7) is 0. The fourth-order valence-electron chi connectivity index (χ4n) is 6.06. The molecular weight excluding hydrogens is 555 g/mol. The van der Waals surface area contributed by atoms with E-state index < -0.39 is 0 Å². The van der Waals surface area contributed by atoms with Gasteiger partial charge in [0.2, 0.25) is 0 Å². The standard InChI is InChI=1S/C37H21NS3/c1-2-10-22(11-3-1)37-38-33-25(28-16-8-14-26-23-12-4-6-18-31(23)39-34(26)28)20-21-30(36(33)41-37)29-17-9-15-27-24-13-5-7-19-32(24)40-35(27)29/h1-21H. The van der Waals surface area contributed by atoms with Crippen molar-refractivity contribution in [3.8, 4) is 32.8 Å². The molecule has 9 aromatic rings. The lowest BCUT2D eigenvalue weighted by molar-refractivity contribution is 1.47. The molecular formula is C37H21NS3. The summed E-state index contributed by atoms with van der Waals surface area (Å²) in [6.07, 6.45) is 0. The highest BCUT2D eigenvalue weighted by Crippen LogP contribution is 2.48. The average molecular weight is 576 g/mol. The van der Waals surface area contributed by atoms with E-state index in [1.165, 1.54) is 67.3 Å². The third-order valence-electron chi connectivity index (χ3n) is 7.95. The molecule has 0 unspecified atom stereocenters. The van der Waals surface area contributed by atoms with Crippen LogP contribution in [0, 0.1) is 0 Å². The number of hydrogen-bond acceptors (Lipinski definition) is 4. The van der Waals surface area contributed by atoms with Crippen molar-refractivity contribution in [1.82, 2.24) is 4.98 Å². The van der Waals surface area contributed by atoms with Gasteiger partial charge in [-0.05, 0) is 12.1 Å². The lowest BCUT2D eigenvalue weighted by atomic mass is 9.97. The SMILES string of the molecule is c1ccc(-c2nc3c(-c4cccc5c4sc4ccccc45)ccc(-c4cccc5c4sc4ccccc45)c3s2)cc1. The number of aromatic nitrogens is 1. The van der Waals surface area contributed by atoms with Crippen LogP contribution in [0.3, 0.4) is 0 Å². The number of hydrogen-bond donors (Lipinski definition) is 0. The van der Waals surface area contributed by atoms with Gasteiger partial charge < -0.3 is 0 Å². The molecule has 0 saturated heterocycles. The van der Waals surface area contributed by atoms with Crippen molar-refractivity contribution in [2.45, 2.75) is 0 Å². The first-order chi connectivity index (χ1) is 20.3. The van der Waals surface area contributed by atoms with Crippen molar-refractivity contribution >= 4 is 84.6 Å². The van der Waals surface area contributed by atoms with Crippen LogP contribution >= 0.6 is 34.0 Å². The first-order valence-electron chi connectivity index (χ1n) is 13.6. The van der Waals surface area contributed by atoms with E-state index in [1.54, 1.807) is 11.3 Å². The molecule has 0 bridgehead atoms. The normalized spacial score (nSPS) is 11.9. The number of thiazole rings is 1. The van der Waals surface area contributed by atoms with Crippen molar-refractivity contribution in [2.24, 2.45) is 0 Å². The minimum atomic E-state index is 1.06. The molecule has 0 aliphatic carbocycles. The Labute approximate surface area is 248 Å². The highest BCUT2D eigenvalue weighted by molar-refractivity contribution is 7.27. The number of fused-ring (bicyclic) bond motifs is 7. The molecule has 192 valence electrons. The topological polar surface area (TPSA) is 12.9 Å². The Kier molecular flexibility index (Phi) is 5.18. The molecule has 0 spiro atoms. The summed E-state index contributed by atoms with van der Waals surface area (Å²) in [5.41, 5.74) is 7.22. The first-order valence-corrected chi connectivity index (χ1v) is 16.1. The monoisotopic (exact) mass is 575 g/mol. The molecule has 41 heavy (non-hydrogen) atoms. The van der Waals surface area contributed by atoms with Crippen molar-refractivity contribution in [2.75, 3.05) is 0 Å². The Morgan fingerprint density at radius 2 is 0.878 bits per heavy atom. The Morgan fingerprint density at radius 3 is 1.54 bits per heavy atom. The third kappa shape index (κ3) is 3.55. The molecule has 4 heteroatoms. The van der Waals surface area contributed by atoms with Gasteiger partial charge in [0.05, 0.1) is 10.2 Å². The molecule has 6 aromatic carbocycles. The molecule has 0 amide bonds. The zero-order valence-corrected chi connectivity index (χ0v) is 24.2. The van der Waals surface area contributed by atoms with Gasteiger partial charge in [0.25, 0.3) is 0 Å². The fourth-order valence-corrected chi connectivity index (χ4v) is 9.64. The van der Waals surface area contributed by atoms with E-state index in [9.17, 15) is 0 Å². The van der Waals surface area contributed by atoms with Crippen LogP contribution in [-0.2, 0) is 0 Å². The van der Waals surface area contributed by atoms with E-state index in [1.807, 2.05) is 22.7 Å². The van der Waals surface area contributed by atoms with E-state index in [0.717, 1.165) is 16.1 Å². The summed E-state index contributed by atoms with van der Waals surface area (Å²) < 4.78 is 6.55. The summed E-state index contributed by atoms with van der Waals surface area (Å²) >= 11 is 5.57. The van der Waals surface area contributed by atoms with Crippen LogP contribution in [0.5, 0.6) is 0 Å². The highest BCUT2D eigenvalue weighted by Gasteiger charge is 2.20. The molecule has 9 rings (SSSR count). The summed E-state index contributed by atoms with van der Waals surface area (Å²) in [5, 5.41) is 6.34. The predicted molar refractivity (Wildman–Crippen MR) is 182 cm³/mol. The first kappa shape index (κ1) is 23.4. The van der Waals surface area contributed by atoms with Gasteiger partial charge in [0, 0.05) is 68.2 Å². The minimum absolute atomic E-state index is 1.06. The average Bonchev–Trinajstić information content (AvgIpc) is 3.75. The molecule has 0 atom stereocenters. The predicted octanol–water partition coefficient (Wildman–Crippen LogP) is 12.0. The summed E-state index contributed by atoms with van der Waals surface area (Å²) in [5.74, 6) is 0. The zero-order chi connectivity index (χ0) is 26.9. The maximum atomic E-state index is 5.36. The van der Waals surface area contributed by atoms with Gasteiger partial charge in [-0.3, -0.25) is 0 Å². The van der Waals surface area contributed by atoms with Crippen LogP contribution in [0.4, 0.5) is 0 Å². The number of thiophene rings is 2. The van der Waals surface area contributed by atoms with Gasteiger partial charge in [-0.2, -0.15) is 0 Å². The van der Waals surface area contributed by atoms with Crippen LogP contribution in [0.15, 0.2) is 127 Å². The Morgan fingerprint density at radius 1 is 0.366 bits per heavy atom. The van der Waals surface area contributed by atoms with E-state index in [2.05, 4.69) is 127 Å². The van der Waals surface area contributed by atoms with Crippen LogP contribution in [0.1, 0.15) is 0 Å². The Balaban J connectivity index is 1.36.